The third-order valence-electron chi connectivity index (χ3n) is 5.04. The van der Waals surface area contributed by atoms with Gasteiger partial charge in [-0.15, -0.1) is 0 Å². The van der Waals surface area contributed by atoms with E-state index in [-0.39, 0.29) is 11.7 Å². The van der Waals surface area contributed by atoms with Crippen LogP contribution in [0.15, 0.2) is 75.4 Å². The number of nitrogens with one attached hydrogen (secondary N) is 2. The van der Waals surface area contributed by atoms with Crippen LogP contribution >= 0.6 is 11.8 Å². The summed E-state index contributed by atoms with van der Waals surface area (Å²) in [6.45, 7) is 1.93. The first-order chi connectivity index (χ1) is 14.9. The van der Waals surface area contributed by atoms with Gasteiger partial charge in [0.15, 0.2) is 9.84 Å². The standard InChI is InChI=1S/C23H22N2O4S2/c1-3-31(27,28)18-8-4-15(5-9-18)14-24-23(26)16-6-11-21-20(12-16)25-19-10-7-17(29-2)13-22(19)30-21/h4-13,25H,3,14H2,1-2H3,(H,24,26). The van der Waals surface area contributed by atoms with Crippen molar-refractivity contribution in [3.05, 3.63) is 71.8 Å². The van der Waals surface area contributed by atoms with Gasteiger partial charge >= 0.3 is 0 Å². The minimum absolute atomic E-state index is 0.0613. The van der Waals surface area contributed by atoms with Crippen LogP contribution in [0, 0.1) is 0 Å². The number of hydrogen-bond acceptors (Lipinski definition) is 6. The van der Waals surface area contributed by atoms with E-state index in [9.17, 15) is 13.2 Å². The highest BCUT2D eigenvalue weighted by atomic mass is 32.2. The molecule has 1 heterocycles. The van der Waals surface area contributed by atoms with Gasteiger partial charge in [0.05, 0.1) is 29.1 Å². The van der Waals surface area contributed by atoms with Gasteiger partial charge in [0.25, 0.3) is 5.91 Å². The number of fused-ring (bicyclic) bond motifs is 2. The number of methoxy groups -OCH3 is 1. The molecule has 0 atom stereocenters. The summed E-state index contributed by atoms with van der Waals surface area (Å²) < 4.78 is 29.1. The number of ether oxygens (including phenoxy) is 1. The van der Waals surface area contributed by atoms with Crippen LogP contribution in [0.5, 0.6) is 5.75 Å². The Labute approximate surface area is 185 Å². The molecule has 0 aromatic heterocycles. The molecular formula is C23H22N2O4S2. The van der Waals surface area contributed by atoms with E-state index in [4.69, 9.17) is 4.74 Å². The van der Waals surface area contributed by atoms with Crippen molar-refractivity contribution in [2.45, 2.75) is 28.2 Å². The summed E-state index contributed by atoms with van der Waals surface area (Å²) in [5.41, 5.74) is 3.23. The third-order valence-corrected chi connectivity index (χ3v) is 7.92. The second-order valence-corrected chi connectivity index (χ2v) is 10.4. The van der Waals surface area contributed by atoms with Crippen molar-refractivity contribution in [2.24, 2.45) is 0 Å². The van der Waals surface area contributed by atoms with Gasteiger partial charge in [-0.2, -0.15) is 0 Å². The van der Waals surface area contributed by atoms with Gasteiger partial charge in [-0.3, -0.25) is 4.79 Å². The molecular weight excluding hydrogens is 432 g/mol. The van der Waals surface area contributed by atoms with Gasteiger partial charge in [0, 0.05) is 21.9 Å². The van der Waals surface area contributed by atoms with Gasteiger partial charge < -0.3 is 15.4 Å². The van der Waals surface area contributed by atoms with Crippen LogP contribution in [0.4, 0.5) is 11.4 Å². The molecule has 0 unspecified atom stereocenters. The maximum absolute atomic E-state index is 12.6. The molecule has 2 N–H and O–H groups in total. The molecule has 4 rings (SSSR count). The van der Waals surface area contributed by atoms with Crippen LogP contribution < -0.4 is 15.4 Å². The van der Waals surface area contributed by atoms with Gasteiger partial charge in [-0.05, 0) is 54.1 Å². The molecule has 3 aromatic carbocycles. The number of rotatable bonds is 6. The van der Waals surface area contributed by atoms with E-state index in [1.165, 1.54) is 0 Å². The SMILES string of the molecule is CCS(=O)(=O)c1ccc(CNC(=O)c2ccc3c(c2)Nc2ccc(OC)cc2S3)cc1. The fourth-order valence-corrected chi connectivity index (χ4v) is 5.09. The Kier molecular flexibility index (Phi) is 5.93. The number of benzene rings is 3. The first kappa shape index (κ1) is 21.3. The lowest BCUT2D eigenvalue weighted by molar-refractivity contribution is 0.0951. The van der Waals surface area contributed by atoms with E-state index in [2.05, 4.69) is 10.6 Å². The molecule has 160 valence electrons. The Balaban J connectivity index is 1.43. The fourth-order valence-electron chi connectivity index (χ4n) is 3.20. The highest BCUT2D eigenvalue weighted by Crippen LogP contribution is 2.45. The number of anilines is 2. The van der Waals surface area contributed by atoms with Crippen molar-refractivity contribution in [1.82, 2.24) is 5.32 Å². The van der Waals surface area contributed by atoms with E-state index < -0.39 is 9.84 Å². The molecule has 6 nitrogen and oxygen atoms in total. The minimum Gasteiger partial charge on any atom is -0.497 e. The molecule has 0 spiro atoms. The summed E-state index contributed by atoms with van der Waals surface area (Å²) in [6, 6.07) is 18.0. The summed E-state index contributed by atoms with van der Waals surface area (Å²) in [5.74, 6) is 0.666. The van der Waals surface area contributed by atoms with Crippen molar-refractivity contribution in [2.75, 3.05) is 18.2 Å². The molecule has 0 aliphatic carbocycles. The molecule has 1 aliphatic heterocycles. The van der Waals surface area contributed by atoms with Crippen LogP contribution in [0.3, 0.4) is 0 Å². The van der Waals surface area contributed by atoms with Crippen LogP contribution in [0.25, 0.3) is 0 Å². The van der Waals surface area contributed by atoms with E-state index >= 15 is 0 Å². The lowest BCUT2D eigenvalue weighted by Gasteiger charge is -2.21. The van der Waals surface area contributed by atoms with Crippen LogP contribution in [-0.2, 0) is 16.4 Å². The zero-order chi connectivity index (χ0) is 22.0. The largest absolute Gasteiger partial charge is 0.497 e. The molecule has 0 saturated heterocycles. The smallest absolute Gasteiger partial charge is 0.251 e. The van der Waals surface area contributed by atoms with Gasteiger partial charge in [0.2, 0.25) is 0 Å². The average molecular weight is 455 g/mol. The molecule has 1 amide bonds. The van der Waals surface area contributed by atoms with Crippen LogP contribution in [-0.4, -0.2) is 27.2 Å². The van der Waals surface area contributed by atoms with E-state index in [1.54, 1.807) is 56.1 Å². The molecule has 0 bridgehead atoms. The van der Waals surface area contributed by atoms with Crippen molar-refractivity contribution < 1.29 is 17.9 Å². The maximum Gasteiger partial charge on any atom is 0.251 e. The summed E-state index contributed by atoms with van der Waals surface area (Å²) >= 11 is 1.62. The lowest BCUT2D eigenvalue weighted by atomic mass is 10.1. The highest BCUT2D eigenvalue weighted by molar-refractivity contribution is 7.99. The van der Waals surface area contributed by atoms with Crippen molar-refractivity contribution >= 4 is 38.9 Å². The van der Waals surface area contributed by atoms with Crippen LogP contribution in [0.2, 0.25) is 0 Å². The Morgan fingerprint density at radius 3 is 2.48 bits per heavy atom. The molecule has 0 saturated carbocycles. The number of sulfone groups is 1. The normalized spacial score (nSPS) is 12.3. The van der Waals surface area contributed by atoms with Gasteiger partial charge in [0.1, 0.15) is 5.75 Å². The predicted octanol–water partition coefficient (Wildman–Crippen LogP) is 4.63. The van der Waals surface area contributed by atoms with Crippen molar-refractivity contribution in [3.63, 3.8) is 0 Å². The molecule has 0 radical (unpaired) electrons. The Bertz CT molecular complexity index is 1240. The molecule has 0 fully saturated rings. The van der Waals surface area contributed by atoms with E-state index in [1.807, 2.05) is 30.3 Å². The Morgan fingerprint density at radius 1 is 1.00 bits per heavy atom. The highest BCUT2D eigenvalue weighted by Gasteiger charge is 2.18. The number of carbonyl (C=O) groups excluding carboxylic acids is 1. The predicted molar refractivity (Wildman–Crippen MR) is 122 cm³/mol. The number of hydrogen-bond donors (Lipinski definition) is 2. The third kappa shape index (κ3) is 4.55. The summed E-state index contributed by atoms with van der Waals surface area (Å²) in [4.78, 5) is 15.0. The van der Waals surface area contributed by atoms with E-state index in [0.717, 1.165) is 32.5 Å². The number of amides is 1. The molecule has 1 aliphatic rings. The zero-order valence-electron chi connectivity index (χ0n) is 17.1. The first-order valence-corrected chi connectivity index (χ1v) is 12.2. The fraction of sp³-hybridized carbons (Fsp3) is 0.174. The van der Waals surface area contributed by atoms with Gasteiger partial charge in [-0.25, -0.2) is 8.42 Å². The van der Waals surface area contributed by atoms with Crippen molar-refractivity contribution in [3.8, 4) is 5.75 Å². The second kappa shape index (κ2) is 8.64. The topological polar surface area (TPSA) is 84.5 Å². The summed E-state index contributed by atoms with van der Waals surface area (Å²) in [5, 5.41) is 6.26. The summed E-state index contributed by atoms with van der Waals surface area (Å²) in [6.07, 6.45) is 0. The first-order valence-electron chi connectivity index (χ1n) is 9.76. The molecule has 8 heteroatoms. The number of carbonyl (C=O) groups is 1. The second-order valence-electron chi connectivity index (χ2n) is 7.03. The maximum atomic E-state index is 12.6. The minimum atomic E-state index is -3.23. The zero-order valence-corrected chi connectivity index (χ0v) is 18.8. The average Bonchev–Trinajstić information content (AvgIpc) is 2.80. The van der Waals surface area contributed by atoms with E-state index in [0.29, 0.717) is 17.0 Å². The molecule has 31 heavy (non-hydrogen) atoms. The van der Waals surface area contributed by atoms with Crippen molar-refractivity contribution in [1.29, 1.82) is 0 Å². The quantitative estimate of drug-likeness (QED) is 0.442. The Hall–Kier alpha value is -2.97. The molecule has 3 aromatic rings. The lowest BCUT2D eigenvalue weighted by Crippen LogP contribution is -2.23. The van der Waals surface area contributed by atoms with Crippen LogP contribution in [0.1, 0.15) is 22.8 Å². The summed E-state index contributed by atoms with van der Waals surface area (Å²) in [7, 11) is -1.58. The van der Waals surface area contributed by atoms with Gasteiger partial charge in [-0.1, -0.05) is 30.8 Å². The monoisotopic (exact) mass is 454 g/mol. The Morgan fingerprint density at radius 2 is 1.77 bits per heavy atom.